The molecule has 1 N–H and O–H groups in total. The molecule has 22 heavy (non-hydrogen) atoms. The number of rotatable bonds is 3. The summed E-state index contributed by atoms with van der Waals surface area (Å²) in [6.45, 7) is 5.89. The Kier molecular flexibility index (Phi) is 4.11. The van der Waals surface area contributed by atoms with E-state index in [2.05, 4.69) is 28.0 Å². The van der Waals surface area contributed by atoms with Crippen LogP contribution in [0.2, 0.25) is 0 Å². The molecule has 1 aromatic carbocycles. The van der Waals surface area contributed by atoms with Crippen LogP contribution in [0.5, 0.6) is 0 Å². The highest BCUT2D eigenvalue weighted by atomic mass is 32.1. The molecule has 5 nitrogen and oxygen atoms in total. The van der Waals surface area contributed by atoms with Gasteiger partial charge >= 0.3 is 0 Å². The van der Waals surface area contributed by atoms with Crippen LogP contribution in [-0.4, -0.2) is 71.4 Å². The second kappa shape index (κ2) is 6.22. The second-order valence-electron chi connectivity index (χ2n) is 6.05. The zero-order valence-electron chi connectivity index (χ0n) is 12.5. The van der Waals surface area contributed by atoms with Crippen LogP contribution in [-0.2, 0) is 11.3 Å². The lowest BCUT2D eigenvalue weighted by Gasteiger charge is -2.33. The van der Waals surface area contributed by atoms with E-state index in [0.717, 1.165) is 56.5 Å². The van der Waals surface area contributed by atoms with Crippen molar-refractivity contribution in [2.45, 2.75) is 18.7 Å². The van der Waals surface area contributed by atoms with Crippen molar-refractivity contribution in [3.8, 4) is 0 Å². The molecule has 0 spiro atoms. The van der Waals surface area contributed by atoms with Gasteiger partial charge in [-0.1, -0.05) is 12.1 Å². The van der Waals surface area contributed by atoms with Gasteiger partial charge in [-0.3, -0.25) is 9.80 Å². The van der Waals surface area contributed by atoms with Crippen molar-refractivity contribution < 1.29 is 9.84 Å². The van der Waals surface area contributed by atoms with Crippen molar-refractivity contribution >= 4 is 21.6 Å². The van der Waals surface area contributed by atoms with E-state index in [1.54, 1.807) is 11.3 Å². The van der Waals surface area contributed by atoms with E-state index in [0.29, 0.717) is 0 Å². The fraction of sp³-hybridized carbons (Fsp3) is 0.562. The number of benzene rings is 1. The first-order valence-electron chi connectivity index (χ1n) is 7.86. The molecular weight excluding hydrogens is 298 g/mol. The molecule has 4 rings (SSSR count). The molecule has 0 bridgehead atoms. The smallest absolute Gasteiger partial charge is 0.108 e. The van der Waals surface area contributed by atoms with Crippen molar-refractivity contribution in [2.75, 3.05) is 39.4 Å². The SMILES string of the molecule is O[C@H]1CN(Cc2nc3ccccc3s2)C[C@@H]1N1CCOCC1. The summed E-state index contributed by atoms with van der Waals surface area (Å²) < 4.78 is 6.64. The number of likely N-dealkylation sites (tertiary alicyclic amines) is 1. The van der Waals surface area contributed by atoms with E-state index in [1.807, 2.05) is 6.07 Å². The molecule has 0 aliphatic carbocycles. The first kappa shape index (κ1) is 14.5. The lowest BCUT2D eigenvalue weighted by Crippen LogP contribution is -2.48. The minimum Gasteiger partial charge on any atom is -0.390 e. The summed E-state index contributed by atoms with van der Waals surface area (Å²) >= 11 is 1.75. The van der Waals surface area contributed by atoms with Crippen LogP contribution in [0.3, 0.4) is 0 Å². The van der Waals surface area contributed by atoms with Gasteiger partial charge in [0.15, 0.2) is 0 Å². The van der Waals surface area contributed by atoms with Gasteiger partial charge in [-0.05, 0) is 12.1 Å². The Hall–Kier alpha value is -1.05. The molecule has 2 aliphatic heterocycles. The normalized spacial score (nSPS) is 27.7. The van der Waals surface area contributed by atoms with Crippen LogP contribution < -0.4 is 0 Å². The van der Waals surface area contributed by atoms with E-state index < -0.39 is 0 Å². The van der Waals surface area contributed by atoms with Gasteiger partial charge in [0.1, 0.15) is 5.01 Å². The van der Waals surface area contributed by atoms with Gasteiger partial charge in [0.2, 0.25) is 0 Å². The molecule has 2 saturated heterocycles. The highest BCUT2D eigenvalue weighted by molar-refractivity contribution is 7.18. The summed E-state index contributed by atoms with van der Waals surface area (Å²) in [6, 6.07) is 8.49. The molecule has 2 fully saturated rings. The van der Waals surface area contributed by atoms with Gasteiger partial charge in [0.25, 0.3) is 0 Å². The van der Waals surface area contributed by atoms with Gasteiger partial charge in [0.05, 0.1) is 36.1 Å². The number of β-amino-alcohol motifs (C(OH)–C–C–N with tert-alkyl or cyclic N) is 1. The molecule has 118 valence electrons. The largest absolute Gasteiger partial charge is 0.390 e. The number of hydrogen-bond donors (Lipinski definition) is 1. The predicted octanol–water partition coefficient (Wildman–Crippen LogP) is 1.17. The summed E-state index contributed by atoms with van der Waals surface area (Å²) in [5, 5.41) is 11.5. The van der Waals surface area contributed by atoms with Crippen molar-refractivity contribution in [1.29, 1.82) is 0 Å². The Morgan fingerprint density at radius 3 is 2.86 bits per heavy atom. The second-order valence-corrected chi connectivity index (χ2v) is 7.17. The van der Waals surface area contributed by atoms with Crippen LogP contribution in [0.1, 0.15) is 5.01 Å². The maximum Gasteiger partial charge on any atom is 0.108 e. The van der Waals surface area contributed by atoms with Crippen LogP contribution in [0.4, 0.5) is 0 Å². The predicted molar refractivity (Wildman–Crippen MR) is 87.1 cm³/mol. The Morgan fingerprint density at radius 2 is 2.05 bits per heavy atom. The highest BCUT2D eigenvalue weighted by Crippen LogP contribution is 2.25. The number of nitrogens with zero attached hydrogens (tertiary/aromatic N) is 3. The fourth-order valence-corrected chi connectivity index (χ4v) is 4.43. The Balaban J connectivity index is 1.43. The molecule has 2 aromatic rings. The summed E-state index contributed by atoms with van der Waals surface area (Å²) in [4.78, 5) is 9.39. The number of morpholine rings is 1. The van der Waals surface area contributed by atoms with Gasteiger partial charge in [-0.15, -0.1) is 11.3 Å². The lowest BCUT2D eigenvalue weighted by atomic mass is 10.2. The third kappa shape index (κ3) is 2.89. The molecule has 6 heteroatoms. The molecule has 2 aliphatic rings. The van der Waals surface area contributed by atoms with Gasteiger partial charge in [-0.2, -0.15) is 0 Å². The average molecular weight is 319 g/mol. The van der Waals surface area contributed by atoms with E-state index in [9.17, 15) is 5.11 Å². The number of aromatic nitrogens is 1. The molecule has 0 amide bonds. The third-order valence-corrected chi connectivity index (χ3v) is 5.57. The maximum absolute atomic E-state index is 10.4. The van der Waals surface area contributed by atoms with E-state index in [-0.39, 0.29) is 12.1 Å². The van der Waals surface area contributed by atoms with E-state index in [1.165, 1.54) is 4.70 Å². The average Bonchev–Trinajstić information content (AvgIpc) is 3.11. The zero-order valence-corrected chi connectivity index (χ0v) is 13.3. The number of ether oxygens (including phenoxy) is 1. The third-order valence-electron chi connectivity index (χ3n) is 4.55. The zero-order chi connectivity index (χ0) is 14.9. The van der Waals surface area contributed by atoms with Crippen LogP contribution in [0.15, 0.2) is 24.3 Å². The number of para-hydroxylation sites is 1. The Labute approximate surface area is 134 Å². The summed E-state index contributed by atoms with van der Waals surface area (Å²) in [5.74, 6) is 0. The van der Waals surface area contributed by atoms with E-state index in [4.69, 9.17) is 9.72 Å². The number of aliphatic hydroxyl groups excluding tert-OH is 1. The van der Waals surface area contributed by atoms with Gasteiger partial charge in [0, 0.05) is 32.2 Å². The summed E-state index contributed by atoms with van der Waals surface area (Å²) in [6.07, 6.45) is -0.271. The lowest BCUT2D eigenvalue weighted by molar-refractivity contribution is -0.00618. The first-order valence-corrected chi connectivity index (χ1v) is 8.68. The quantitative estimate of drug-likeness (QED) is 0.920. The number of aliphatic hydroxyl groups is 1. The molecule has 3 heterocycles. The summed E-state index contributed by atoms with van der Waals surface area (Å²) in [7, 11) is 0. The fourth-order valence-electron chi connectivity index (χ4n) is 3.42. The van der Waals surface area contributed by atoms with Crippen LogP contribution in [0, 0.1) is 0 Å². The Bertz CT molecular complexity index is 608. The molecule has 1 aromatic heterocycles. The standard InChI is InChI=1S/C16H21N3O2S/c20-14-10-18(9-13(14)19-5-7-21-8-6-19)11-16-17-12-3-1-2-4-15(12)22-16/h1-4,13-14,20H,5-11H2/t13-,14-/m0/s1. The molecule has 2 atom stereocenters. The van der Waals surface area contributed by atoms with Crippen molar-refractivity contribution in [3.05, 3.63) is 29.3 Å². The Morgan fingerprint density at radius 1 is 1.23 bits per heavy atom. The molecular formula is C16H21N3O2S. The topological polar surface area (TPSA) is 48.8 Å². The minimum absolute atomic E-state index is 0.235. The van der Waals surface area contributed by atoms with Crippen molar-refractivity contribution in [1.82, 2.24) is 14.8 Å². The number of hydrogen-bond acceptors (Lipinski definition) is 6. The molecule has 0 unspecified atom stereocenters. The van der Waals surface area contributed by atoms with Crippen LogP contribution >= 0.6 is 11.3 Å². The maximum atomic E-state index is 10.4. The number of fused-ring (bicyclic) bond motifs is 1. The minimum atomic E-state index is -0.271. The number of thiazole rings is 1. The first-order chi connectivity index (χ1) is 10.8. The van der Waals surface area contributed by atoms with Crippen molar-refractivity contribution in [3.63, 3.8) is 0 Å². The van der Waals surface area contributed by atoms with Crippen molar-refractivity contribution in [2.24, 2.45) is 0 Å². The van der Waals surface area contributed by atoms with Gasteiger partial charge < -0.3 is 9.84 Å². The van der Waals surface area contributed by atoms with E-state index >= 15 is 0 Å². The highest BCUT2D eigenvalue weighted by Gasteiger charge is 2.36. The monoisotopic (exact) mass is 319 g/mol. The van der Waals surface area contributed by atoms with Crippen LogP contribution in [0.25, 0.3) is 10.2 Å². The molecule has 0 saturated carbocycles. The summed E-state index contributed by atoms with van der Waals surface area (Å²) in [5.41, 5.74) is 1.08. The van der Waals surface area contributed by atoms with Gasteiger partial charge in [-0.25, -0.2) is 4.98 Å². The molecule has 0 radical (unpaired) electrons.